The van der Waals surface area contributed by atoms with E-state index in [0.717, 1.165) is 38.5 Å². The number of halogens is 4. The number of aromatic nitrogens is 2. The molecule has 1 aliphatic carbocycles. The van der Waals surface area contributed by atoms with E-state index in [0.29, 0.717) is 17.3 Å². The summed E-state index contributed by atoms with van der Waals surface area (Å²) in [7, 11) is 0. The van der Waals surface area contributed by atoms with Crippen LogP contribution in [0.5, 0.6) is 5.75 Å². The van der Waals surface area contributed by atoms with Crippen LogP contribution in [0.4, 0.5) is 17.6 Å². The zero-order chi connectivity index (χ0) is 25.7. The quantitative estimate of drug-likeness (QED) is 0.231. The topological polar surface area (TPSA) is 35.0 Å². The van der Waals surface area contributed by atoms with Gasteiger partial charge in [0.05, 0.1) is 6.61 Å². The van der Waals surface area contributed by atoms with Crippen molar-refractivity contribution >= 4 is 0 Å². The average molecular weight is 499 g/mol. The summed E-state index contributed by atoms with van der Waals surface area (Å²) >= 11 is 0. The standard InChI is InChI=1S/C29H30F4N2O/c1-3-5-6-7-18-8-10-19(11-9-18)29-34-16-20(17-35-29)21-12-13-22(26(31)25(21)30)23-14-15-24(36-4-2)28(33)27(23)32/h6-7,12-19H,3-5,8-11H2,1-2H3. The van der Waals surface area contributed by atoms with Gasteiger partial charge in [0.25, 0.3) is 0 Å². The van der Waals surface area contributed by atoms with Gasteiger partial charge in [0.1, 0.15) is 5.82 Å². The highest BCUT2D eigenvalue weighted by Gasteiger charge is 2.24. The molecule has 0 bridgehead atoms. The number of rotatable bonds is 8. The molecule has 7 heteroatoms. The van der Waals surface area contributed by atoms with Crippen LogP contribution in [0.3, 0.4) is 0 Å². The Labute approximate surface area is 209 Å². The predicted molar refractivity (Wildman–Crippen MR) is 133 cm³/mol. The minimum Gasteiger partial charge on any atom is -0.491 e. The predicted octanol–water partition coefficient (Wildman–Crippen LogP) is 8.40. The van der Waals surface area contributed by atoms with E-state index >= 15 is 4.39 Å². The lowest BCUT2D eigenvalue weighted by Gasteiger charge is -2.25. The molecule has 0 radical (unpaired) electrons. The first kappa shape index (κ1) is 25.9. The number of ether oxygens (including phenoxy) is 1. The van der Waals surface area contributed by atoms with Crippen molar-refractivity contribution in [2.24, 2.45) is 5.92 Å². The molecular weight excluding hydrogens is 468 g/mol. The lowest BCUT2D eigenvalue weighted by atomic mass is 9.81. The van der Waals surface area contributed by atoms with Gasteiger partial charge in [0, 0.05) is 40.6 Å². The van der Waals surface area contributed by atoms with Crippen LogP contribution in [0.15, 0.2) is 48.8 Å². The monoisotopic (exact) mass is 498 g/mol. The molecule has 0 atom stereocenters. The highest BCUT2D eigenvalue weighted by Crippen LogP contribution is 2.37. The van der Waals surface area contributed by atoms with E-state index < -0.39 is 23.3 Å². The molecule has 3 nitrogen and oxygen atoms in total. The van der Waals surface area contributed by atoms with Gasteiger partial charge in [-0.1, -0.05) is 37.6 Å². The van der Waals surface area contributed by atoms with Crippen LogP contribution in [0, 0.1) is 29.2 Å². The molecule has 3 aromatic rings. The maximum Gasteiger partial charge on any atom is 0.201 e. The van der Waals surface area contributed by atoms with Gasteiger partial charge in [-0.15, -0.1) is 0 Å². The maximum atomic E-state index is 15.0. The van der Waals surface area contributed by atoms with Crippen molar-refractivity contribution in [2.45, 2.75) is 58.3 Å². The Balaban J connectivity index is 1.51. The fourth-order valence-electron chi connectivity index (χ4n) is 4.70. The normalized spacial score (nSPS) is 18.1. The molecule has 0 unspecified atom stereocenters. The first-order valence-corrected chi connectivity index (χ1v) is 12.5. The van der Waals surface area contributed by atoms with E-state index in [1.54, 1.807) is 6.92 Å². The van der Waals surface area contributed by atoms with E-state index in [4.69, 9.17) is 4.74 Å². The molecular formula is C29H30F4N2O. The van der Waals surface area contributed by atoms with Crippen LogP contribution in [-0.2, 0) is 0 Å². The molecule has 2 aromatic carbocycles. The van der Waals surface area contributed by atoms with E-state index in [1.807, 2.05) is 0 Å². The van der Waals surface area contributed by atoms with Gasteiger partial charge in [0.15, 0.2) is 23.2 Å². The molecule has 1 aliphatic rings. The summed E-state index contributed by atoms with van der Waals surface area (Å²) in [5.41, 5.74) is -0.487. The van der Waals surface area contributed by atoms with Gasteiger partial charge in [-0.25, -0.2) is 23.1 Å². The Bertz CT molecular complexity index is 1220. The Morgan fingerprint density at radius 1 is 0.806 bits per heavy atom. The minimum absolute atomic E-state index is 0.0422. The number of hydrogen-bond donors (Lipinski definition) is 0. The van der Waals surface area contributed by atoms with Gasteiger partial charge in [-0.2, -0.15) is 4.39 Å². The highest BCUT2D eigenvalue weighted by atomic mass is 19.2. The first-order chi connectivity index (χ1) is 17.4. The molecule has 1 heterocycles. The summed E-state index contributed by atoms with van der Waals surface area (Å²) in [5, 5.41) is 0. The van der Waals surface area contributed by atoms with Crippen molar-refractivity contribution in [1.82, 2.24) is 9.97 Å². The molecule has 0 aliphatic heterocycles. The van der Waals surface area contributed by atoms with Crippen LogP contribution in [-0.4, -0.2) is 16.6 Å². The largest absolute Gasteiger partial charge is 0.491 e. The van der Waals surface area contributed by atoms with E-state index in [-0.39, 0.29) is 35.0 Å². The van der Waals surface area contributed by atoms with Crippen molar-refractivity contribution in [3.8, 4) is 28.0 Å². The minimum atomic E-state index is -1.30. The van der Waals surface area contributed by atoms with E-state index in [9.17, 15) is 13.2 Å². The smallest absolute Gasteiger partial charge is 0.201 e. The zero-order valence-corrected chi connectivity index (χ0v) is 20.5. The molecule has 1 fully saturated rings. The summed E-state index contributed by atoms with van der Waals surface area (Å²) in [6.07, 6.45) is 14.0. The van der Waals surface area contributed by atoms with Gasteiger partial charge in [0.2, 0.25) is 5.82 Å². The highest BCUT2D eigenvalue weighted by molar-refractivity contribution is 5.72. The summed E-state index contributed by atoms with van der Waals surface area (Å²) in [6, 6.07) is 4.93. The second-order valence-electron chi connectivity index (χ2n) is 9.12. The van der Waals surface area contributed by atoms with Crippen molar-refractivity contribution in [2.75, 3.05) is 6.61 Å². The number of allylic oxidation sites excluding steroid dienone is 2. The first-order valence-electron chi connectivity index (χ1n) is 12.5. The average Bonchev–Trinajstić information content (AvgIpc) is 2.90. The second kappa shape index (κ2) is 11.7. The summed E-state index contributed by atoms with van der Waals surface area (Å²) in [5.74, 6) is -3.71. The summed E-state index contributed by atoms with van der Waals surface area (Å²) in [4.78, 5) is 8.88. The molecule has 1 saturated carbocycles. The van der Waals surface area contributed by atoms with Gasteiger partial charge in [-0.05, 0) is 57.1 Å². The van der Waals surface area contributed by atoms with Crippen molar-refractivity contribution in [3.63, 3.8) is 0 Å². The van der Waals surface area contributed by atoms with Crippen LogP contribution < -0.4 is 4.74 Å². The molecule has 4 rings (SSSR count). The summed E-state index contributed by atoms with van der Waals surface area (Å²) < 4.78 is 63.8. The van der Waals surface area contributed by atoms with Crippen molar-refractivity contribution in [3.05, 3.63) is 77.9 Å². The Morgan fingerprint density at radius 2 is 1.39 bits per heavy atom. The third kappa shape index (κ3) is 5.45. The molecule has 0 saturated heterocycles. The zero-order valence-electron chi connectivity index (χ0n) is 20.5. The van der Waals surface area contributed by atoms with Gasteiger partial charge in [-0.3, -0.25) is 0 Å². The molecule has 1 aromatic heterocycles. The fourth-order valence-corrected chi connectivity index (χ4v) is 4.70. The molecule has 190 valence electrons. The van der Waals surface area contributed by atoms with Gasteiger partial charge >= 0.3 is 0 Å². The fraction of sp³-hybridized carbons (Fsp3) is 0.379. The second-order valence-corrected chi connectivity index (χ2v) is 9.12. The van der Waals surface area contributed by atoms with Crippen LogP contribution in [0.1, 0.15) is 64.1 Å². The molecule has 0 N–H and O–H groups in total. The van der Waals surface area contributed by atoms with Crippen molar-refractivity contribution in [1.29, 1.82) is 0 Å². The van der Waals surface area contributed by atoms with E-state index in [2.05, 4.69) is 29.0 Å². The molecule has 36 heavy (non-hydrogen) atoms. The SMILES string of the molecule is CCCC=CC1CCC(c2ncc(-c3ccc(-c4ccc(OCC)c(F)c4F)c(F)c3F)cn2)CC1. The number of nitrogens with zero attached hydrogens (tertiary/aromatic N) is 2. The lowest BCUT2D eigenvalue weighted by molar-refractivity contribution is 0.314. The number of hydrogen-bond acceptors (Lipinski definition) is 3. The Hall–Kier alpha value is -3.22. The number of unbranched alkanes of at least 4 members (excludes halogenated alkanes) is 1. The van der Waals surface area contributed by atoms with Gasteiger partial charge < -0.3 is 4.74 Å². The van der Waals surface area contributed by atoms with Crippen molar-refractivity contribution < 1.29 is 22.3 Å². The van der Waals surface area contributed by atoms with E-state index in [1.165, 1.54) is 36.7 Å². The lowest BCUT2D eigenvalue weighted by Crippen LogP contribution is -2.14. The molecule has 0 amide bonds. The number of benzene rings is 2. The summed E-state index contributed by atoms with van der Waals surface area (Å²) in [6.45, 7) is 3.94. The van der Waals surface area contributed by atoms with Crippen LogP contribution in [0.25, 0.3) is 22.3 Å². The van der Waals surface area contributed by atoms with Crippen LogP contribution in [0.2, 0.25) is 0 Å². The molecule has 0 spiro atoms. The maximum absolute atomic E-state index is 15.0. The third-order valence-corrected chi connectivity index (χ3v) is 6.70. The Kier molecular flexibility index (Phi) is 8.39. The third-order valence-electron chi connectivity index (χ3n) is 6.70. The Morgan fingerprint density at radius 3 is 2.03 bits per heavy atom. The van der Waals surface area contributed by atoms with Crippen LogP contribution >= 0.6 is 0 Å².